The summed E-state index contributed by atoms with van der Waals surface area (Å²) in [6, 6.07) is 6.59. The van der Waals surface area contributed by atoms with Crippen LogP contribution in [-0.2, 0) is 6.42 Å². The van der Waals surface area contributed by atoms with Crippen molar-refractivity contribution in [1.29, 1.82) is 0 Å². The third kappa shape index (κ3) is 2.35. The minimum Gasteiger partial charge on any atom is -0.490 e. The lowest BCUT2D eigenvalue weighted by atomic mass is 9.99. The average molecular weight is 289 g/mol. The van der Waals surface area contributed by atoms with Crippen LogP contribution in [0.25, 0.3) is 0 Å². The van der Waals surface area contributed by atoms with Gasteiger partial charge in [-0.3, -0.25) is 4.79 Å². The van der Waals surface area contributed by atoms with E-state index in [1.807, 2.05) is 6.92 Å². The molecule has 2 aromatic rings. The van der Waals surface area contributed by atoms with Gasteiger partial charge in [-0.15, -0.1) is 0 Å². The Morgan fingerprint density at radius 1 is 1.24 bits per heavy atom. The molecule has 0 saturated carbocycles. The van der Waals surface area contributed by atoms with E-state index in [0.717, 1.165) is 17.4 Å². The number of nitrogen functional groups attached to an aromatic ring is 1. The molecule has 0 radical (unpaired) electrons. The molecule has 3 nitrogen and oxygen atoms in total. The third-order valence-electron chi connectivity index (χ3n) is 3.49. The first-order valence-electron chi connectivity index (χ1n) is 6.54. The van der Waals surface area contributed by atoms with Crippen LogP contribution in [0.3, 0.4) is 0 Å². The number of nitrogens with two attached hydrogens (primary N) is 1. The fourth-order valence-electron chi connectivity index (χ4n) is 2.46. The highest BCUT2D eigenvalue weighted by molar-refractivity contribution is 6.09. The van der Waals surface area contributed by atoms with E-state index in [1.54, 1.807) is 18.2 Å². The number of carbonyl (C=O) groups excluding carboxylic acids is 1. The van der Waals surface area contributed by atoms with Crippen molar-refractivity contribution in [3.8, 4) is 5.75 Å². The van der Waals surface area contributed by atoms with Gasteiger partial charge in [-0.25, -0.2) is 8.78 Å². The number of halogens is 2. The molecule has 1 atom stereocenters. The largest absolute Gasteiger partial charge is 0.490 e. The number of fused-ring (bicyclic) bond motifs is 1. The summed E-state index contributed by atoms with van der Waals surface area (Å²) >= 11 is 0. The van der Waals surface area contributed by atoms with Crippen molar-refractivity contribution in [2.75, 3.05) is 5.73 Å². The van der Waals surface area contributed by atoms with Crippen molar-refractivity contribution in [2.24, 2.45) is 0 Å². The number of carbonyl (C=O) groups is 1. The highest BCUT2D eigenvalue weighted by Crippen LogP contribution is 2.30. The highest BCUT2D eigenvalue weighted by Gasteiger charge is 2.22. The van der Waals surface area contributed by atoms with Gasteiger partial charge in [0.25, 0.3) is 0 Å². The number of ether oxygens (including phenoxy) is 1. The van der Waals surface area contributed by atoms with Gasteiger partial charge < -0.3 is 10.5 Å². The summed E-state index contributed by atoms with van der Waals surface area (Å²) in [5.41, 5.74) is 6.15. The van der Waals surface area contributed by atoms with Gasteiger partial charge in [0.05, 0.1) is 11.3 Å². The van der Waals surface area contributed by atoms with Crippen LogP contribution >= 0.6 is 0 Å². The van der Waals surface area contributed by atoms with Crippen LogP contribution in [-0.4, -0.2) is 11.9 Å². The zero-order chi connectivity index (χ0) is 15.1. The lowest BCUT2D eigenvalue weighted by Crippen LogP contribution is -2.07. The van der Waals surface area contributed by atoms with Gasteiger partial charge in [-0.1, -0.05) is 0 Å². The molecule has 2 N–H and O–H groups in total. The number of anilines is 1. The Bertz CT molecular complexity index is 743. The van der Waals surface area contributed by atoms with Crippen LogP contribution < -0.4 is 10.5 Å². The van der Waals surface area contributed by atoms with Crippen molar-refractivity contribution in [3.05, 3.63) is 58.7 Å². The molecule has 0 aliphatic carbocycles. The topological polar surface area (TPSA) is 52.3 Å². The Morgan fingerprint density at radius 2 is 2.00 bits per heavy atom. The fraction of sp³-hybridized carbons (Fsp3) is 0.188. The quantitative estimate of drug-likeness (QED) is 0.682. The maximum absolute atomic E-state index is 13.8. The van der Waals surface area contributed by atoms with E-state index >= 15 is 0 Å². The summed E-state index contributed by atoms with van der Waals surface area (Å²) in [5.74, 6) is -1.59. The van der Waals surface area contributed by atoms with E-state index in [4.69, 9.17) is 10.5 Å². The van der Waals surface area contributed by atoms with Crippen LogP contribution in [0, 0.1) is 11.6 Å². The highest BCUT2D eigenvalue weighted by atomic mass is 19.1. The summed E-state index contributed by atoms with van der Waals surface area (Å²) in [6.07, 6.45) is 0.758. The molecule has 0 saturated heterocycles. The predicted molar refractivity (Wildman–Crippen MR) is 74.4 cm³/mol. The van der Waals surface area contributed by atoms with Crippen LogP contribution in [0.2, 0.25) is 0 Å². The van der Waals surface area contributed by atoms with Gasteiger partial charge in [0.1, 0.15) is 23.5 Å². The molecule has 0 fully saturated rings. The van der Waals surface area contributed by atoms with Crippen molar-refractivity contribution in [3.63, 3.8) is 0 Å². The molecular weight excluding hydrogens is 276 g/mol. The molecule has 5 heteroatoms. The maximum Gasteiger partial charge on any atom is 0.196 e. The second-order valence-corrected chi connectivity index (χ2v) is 5.14. The second-order valence-electron chi connectivity index (χ2n) is 5.14. The van der Waals surface area contributed by atoms with E-state index in [2.05, 4.69) is 0 Å². The second kappa shape index (κ2) is 4.84. The van der Waals surface area contributed by atoms with Crippen LogP contribution in [0.4, 0.5) is 14.5 Å². The fourth-order valence-corrected chi connectivity index (χ4v) is 2.46. The molecule has 0 spiro atoms. The number of hydrogen-bond donors (Lipinski definition) is 1. The molecule has 0 bridgehead atoms. The van der Waals surface area contributed by atoms with Crippen molar-refractivity contribution >= 4 is 11.5 Å². The molecule has 3 rings (SSSR count). The van der Waals surface area contributed by atoms with E-state index in [9.17, 15) is 13.6 Å². The zero-order valence-electron chi connectivity index (χ0n) is 11.3. The Morgan fingerprint density at radius 3 is 2.76 bits per heavy atom. The van der Waals surface area contributed by atoms with Crippen LogP contribution in [0.1, 0.15) is 28.4 Å². The zero-order valence-corrected chi connectivity index (χ0v) is 11.3. The Labute approximate surface area is 120 Å². The van der Waals surface area contributed by atoms with E-state index < -0.39 is 17.4 Å². The molecule has 108 valence electrons. The summed E-state index contributed by atoms with van der Waals surface area (Å²) in [6.45, 7) is 1.93. The molecule has 2 aromatic carbocycles. The molecular formula is C16H13F2NO2. The first-order valence-corrected chi connectivity index (χ1v) is 6.54. The van der Waals surface area contributed by atoms with Gasteiger partial charge in [0.2, 0.25) is 0 Å². The maximum atomic E-state index is 13.8. The summed E-state index contributed by atoms with van der Waals surface area (Å²) in [7, 11) is 0. The first-order chi connectivity index (χ1) is 9.95. The molecule has 0 aromatic heterocycles. The number of benzene rings is 2. The molecule has 1 aliphatic rings. The number of rotatable bonds is 2. The average Bonchev–Trinajstić information content (AvgIpc) is 2.81. The Hall–Kier alpha value is -2.43. The van der Waals surface area contributed by atoms with E-state index in [1.165, 1.54) is 0 Å². The summed E-state index contributed by atoms with van der Waals surface area (Å²) < 4.78 is 32.5. The monoisotopic (exact) mass is 289 g/mol. The third-order valence-corrected chi connectivity index (χ3v) is 3.49. The number of ketones is 1. The smallest absolute Gasteiger partial charge is 0.196 e. The van der Waals surface area contributed by atoms with Crippen molar-refractivity contribution < 1.29 is 18.3 Å². The minimum atomic E-state index is -0.920. The van der Waals surface area contributed by atoms with Crippen LogP contribution in [0.15, 0.2) is 30.3 Å². The van der Waals surface area contributed by atoms with Crippen molar-refractivity contribution in [1.82, 2.24) is 0 Å². The Balaban J connectivity index is 2.00. The van der Waals surface area contributed by atoms with Gasteiger partial charge >= 0.3 is 0 Å². The van der Waals surface area contributed by atoms with E-state index in [0.29, 0.717) is 18.1 Å². The molecule has 21 heavy (non-hydrogen) atoms. The standard InChI is InChI=1S/C16H13F2NO2/c1-8-4-10-5-9(2-3-15(10)21-8)16(20)11-6-14(19)13(18)7-12(11)17/h2-3,5-8H,4,19H2,1H3. The molecule has 1 heterocycles. The molecule has 1 aliphatic heterocycles. The predicted octanol–water partition coefficient (Wildman–Crippen LogP) is 3.10. The van der Waals surface area contributed by atoms with Gasteiger partial charge in [-0.2, -0.15) is 0 Å². The van der Waals surface area contributed by atoms with Crippen molar-refractivity contribution in [2.45, 2.75) is 19.4 Å². The molecule has 0 amide bonds. The minimum absolute atomic E-state index is 0.0588. The normalized spacial score (nSPS) is 16.4. The SMILES string of the molecule is CC1Cc2cc(C(=O)c3cc(N)c(F)cc3F)ccc2O1. The molecule has 1 unspecified atom stereocenters. The summed E-state index contributed by atoms with van der Waals surface area (Å²) in [4.78, 5) is 12.4. The van der Waals surface area contributed by atoms with Gasteiger partial charge in [0.15, 0.2) is 5.78 Å². The number of hydrogen-bond acceptors (Lipinski definition) is 3. The van der Waals surface area contributed by atoms with Crippen LogP contribution in [0.5, 0.6) is 5.75 Å². The first kappa shape index (κ1) is 13.5. The summed E-state index contributed by atoms with van der Waals surface area (Å²) in [5, 5.41) is 0. The lowest BCUT2D eigenvalue weighted by molar-refractivity contribution is 0.103. The lowest BCUT2D eigenvalue weighted by Gasteiger charge is -2.06. The van der Waals surface area contributed by atoms with E-state index in [-0.39, 0.29) is 17.4 Å². The Kier molecular flexibility index (Phi) is 3.12. The van der Waals surface area contributed by atoms with Gasteiger partial charge in [0, 0.05) is 18.1 Å². The van der Waals surface area contributed by atoms with Gasteiger partial charge in [-0.05, 0) is 36.8 Å².